The fourth-order valence-electron chi connectivity index (χ4n) is 4.11. The minimum Gasteiger partial charge on any atom is -0.354 e. The first-order chi connectivity index (χ1) is 15.5. The average molecular weight is 475 g/mol. The number of hydrogen-bond donors (Lipinski definition) is 4. The molecule has 4 rings (SSSR count). The van der Waals surface area contributed by atoms with Gasteiger partial charge in [-0.2, -0.15) is 4.98 Å². The Bertz CT molecular complexity index is 1180. The number of aromatic nitrogens is 2. The maximum Gasteiger partial charge on any atom is 0.242 e. The van der Waals surface area contributed by atoms with Crippen molar-refractivity contribution in [1.82, 2.24) is 14.7 Å². The Hall–Kier alpha value is -2.46. The molecule has 0 atom stereocenters. The maximum absolute atomic E-state index is 12.5. The first kappa shape index (κ1) is 22.7. The fraction of sp³-hybridized carbons (Fsp3) is 0.364. The van der Waals surface area contributed by atoms with Crippen molar-refractivity contribution >= 4 is 44.3 Å². The van der Waals surface area contributed by atoms with E-state index in [-0.39, 0.29) is 9.92 Å². The van der Waals surface area contributed by atoms with Crippen LogP contribution in [0.25, 0.3) is 10.9 Å². The molecule has 2 aromatic carbocycles. The molecule has 1 aliphatic rings. The lowest BCUT2D eigenvalue weighted by atomic mass is 9.82. The van der Waals surface area contributed by atoms with Crippen LogP contribution in [0.3, 0.4) is 0 Å². The van der Waals surface area contributed by atoms with Crippen LogP contribution in [0.4, 0.5) is 11.8 Å². The van der Waals surface area contributed by atoms with E-state index in [0.29, 0.717) is 30.1 Å². The van der Waals surface area contributed by atoms with Gasteiger partial charge in [-0.05, 0) is 61.8 Å². The van der Waals surface area contributed by atoms with E-state index in [2.05, 4.69) is 25.4 Å². The monoisotopic (exact) mass is 474 g/mol. The molecule has 1 aliphatic carbocycles. The molecule has 1 fully saturated rings. The summed E-state index contributed by atoms with van der Waals surface area (Å²) in [6.07, 6.45) is 3.96. The predicted molar refractivity (Wildman–Crippen MR) is 128 cm³/mol. The van der Waals surface area contributed by atoms with Crippen molar-refractivity contribution in [3.8, 4) is 0 Å². The summed E-state index contributed by atoms with van der Waals surface area (Å²) in [5.41, 5.74) is 3.47. The standard InChI is InChI=1S/C22H27ClN6O2S/c23-18-6-2-4-8-20(18)32(30,31)26-14-16-11-9-15(10-12-16)13-25-22-27-19-7-3-1-5-17(19)21(28-22)29-24/h1-8,15-16,26H,9-14,24H2,(H2,25,27,28,29)/t15-,16-. The summed E-state index contributed by atoms with van der Waals surface area (Å²) in [7, 11) is -3.60. The summed E-state index contributed by atoms with van der Waals surface area (Å²) >= 11 is 6.04. The zero-order valence-corrected chi connectivity index (χ0v) is 19.2. The summed E-state index contributed by atoms with van der Waals surface area (Å²) in [5, 5.41) is 4.45. The van der Waals surface area contributed by atoms with Crippen molar-refractivity contribution in [3.05, 3.63) is 53.6 Å². The molecule has 10 heteroatoms. The molecule has 0 saturated heterocycles. The van der Waals surface area contributed by atoms with E-state index < -0.39 is 10.0 Å². The van der Waals surface area contributed by atoms with Crippen LogP contribution in [0.2, 0.25) is 5.02 Å². The molecular weight excluding hydrogens is 448 g/mol. The molecule has 8 nitrogen and oxygen atoms in total. The van der Waals surface area contributed by atoms with E-state index in [1.54, 1.807) is 18.2 Å². The van der Waals surface area contributed by atoms with Crippen molar-refractivity contribution in [2.45, 2.75) is 30.6 Å². The van der Waals surface area contributed by atoms with Crippen molar-refractivity contribution in [2.75, 3.05) is 23.8 Å². The molecule has 0 radical (unpaired) electrons. The third-order valence-corrected chi connectivity index (χ3v) is 7.87. The van der Waals surface area contributed by atoms with Gasteiger partial charge >= 0.3 is 0 Å². The molecule has 0 bridgehead atoms. The Balaban J connectivity index is 1.27. The van der Waals surface area contributed by atoms with Gasteiger partial charge < -0.3 is 10.7 Å². The molecule has 1 heterocycles. The van der Waals surface area contributed by atoms with Crippen LogP contribution in [-0.4, -0.2) is 31.5 Å². The molecule has 0 amide bonds. The van der Waals surface area contributed by atoms with Crippen molar-refractivity contribution in [2.24, 2.45) is 17.7 Å². The van der Waals surface area contributed by atoms with Crippen LogP contribution < -0.4 is 21.3 Å². The lowest BCUT2D eigenvalue weighted by Gasteiger charge is -2.28. The highest BCUT2D eigenvalue weighted by Gasteiger charge is 2.24. The molecule has 0 spiro atoms. The molecule has 5 N–H and O–H groups in total. The van der Waals surface area contributed by atoms with Gasteiger partial charge in [0.2, 0.25) is 16.0 Å². The molecule has 0 aliphatic heterocycles. The summed E-state index contributed by atoms with van der Waals surface area (Å²) in [6.45, 7) is 1.19. The highest BCUT2D eigenvalue weighted by molar-refractivity contribution is 7.89. The second kappa shape index (κ2) is 9.99. The van der Waals surface area contributed by atoms with Gasteiger partial charge in [0, 0.05) is 18.5 Å². The van der Waals surface area contributed by atoms with Crippen molar-refractivity contribution in [3.63, 3.8) is 0 Å². The van der Waals surface area contributed by atoms with Crippen LogP contribution in [0.15, 0.2) is 53.4 Å². The van der Waals surface area contributed by atoms with E-state index in [1.165, 1.54) is 6.07 Å². The molecular formula is C22H27ClN6O2S. The van der Waals surface area contributed by atoms with Crippen molar-refractivity contribution < 1.29 is 8.42 Å². The zero-order chi connectivity index (χ0) is 22.6. The highest BCUT2D eigenvalue weighted by atomic mass is 35.5. The quantitative estimate of drug-likeness (QED) is 0.289. The van der Waals surface area contributed by atoms with Crippen LogP contribution in [0, 0.1) is 11.8 Å². The largest absolute Gasteiger partial charge is 0.354 e. The molecule has 170 valence electrons. The smallest absolute Gasteiger partial charge is 0.242 e. The lowest BCUT2D eigenvalue weighted by molar-refractivity contribution is 0.284. The van der Waals surface area contributed by atoms with Gasteiger partial charge in [-0.25, -0.2) is 24.0 Å². The Morgan fingerprint density at radius 3 is 2.31 bits per heavy atom. The SMILES string of the molecule is NNc1nc(NC[C@H]2CC[C@H](CNS(=O)(=O)c3ccccc3Cl)CC2)nc2ccccc12. The molecule has 0 unspecified atom stereocenters. The topological polar surface area (TPSA) is 122 Å². The summed E-state index contributed by atoms with van der Waals surface area (Å²) in [6, 6.07) is 14.2. The first-order valence-electron chi connectivity index (χ1n) is 10.7. The van der Waals surface area contributed by atoms with E-state index >= 15 is 0 Å². The maximum atomic E-state index is 12.5. The second-order valence-electron chi connectivity index (χ2n) is 8.11. The van der Waals surface area contributed by atoms with Gasteiger partial charge in [-0.1, -0.05) is 35.9 Å². The average Bonchev–Trinajstić information content (AvgIpc) is 2.81. The Labute approximate surface area is 193 Å². The van der Waals surface area contributed by atoms with Crippen molar-refractivity contribution in [1.29, 1.82) is 0 Å². The van der Waals surface area contributed by atoms with Gasteiger partial charge in [0.15, 0.2) is 5.82 Å². The number of fused-ring (bicyclic) bond motifs is 1. The predicted octanol–water partition coefficient (Wildman–Crippen LogP) is 3.77. The zero-order valence-electron chi connectivity index (χ0n) is 17.6. The second-order valence-corrected chi connectivity index (χ2v) is 10.2. The van der Waals surface area contributed by atoms with Gasteiger partial charge in [-0.3, -0.25) is 0 Å². The Kier molecular flexibility index (Phi) is 7.10. The number of para-hydroxylation sites is 1. The highest BCUT2D eigenvalue weighted by Crippen LogP contribution is 2.29. The lowest BCUT2D eigenvalue weighted by Crippen LogP contribution is -2.32. The van der Waals surface area contributed by atoms with E-state index in [4.69, 9.17) is 17.4 Å². The number of hydrogen-bond acceptors (Lipinski definition) is 7. The van der Waals surface area contributed by atoms with Crippen LogP contribution in [0.1, 0.15) is 25.7 Å². The van der Waals surface area contributed by atoms with E-state index in [0.717, 1.165) is 43.1 Å². The summed E-state index contributed by atoms with van der Waals surface area (Å²) in [5.74, 6) is 7.55. The number of benzene rings is 2. The summed E-state index contributed by atoms with van der Waals surface area (Å²) in [4.78, 5) is 9.16. The number of halogens is 1. The third kappa shape index (κ3) is 5.29. The number of nitrogens with zero attached hydrogens (tertiary/aromatic N) is 2. The molecule has 32 heavy (non-hydrogen) atoms. The number of nitrogen functional groups attached to an aromatic ring is 1. The minimum absolute atomic E-state index is 0.126. The normalized spacial score (nSPS) is 19.1. The number of rotatable bonds is 8. The number of anilines is 2. The number of hydrazine groups is 1. The number of sulfonamides is 1. The van der Waals surface area contributed by atoms with Gasteiger partial charge in [0.05, 0.1) is 10.5 Å². The van der Waals surface area contributed by atoms with Crippen LogP contribution >= 0.6 is 11.6 Å². The first-order valence-corrected chi connectivity index (χ1v) is 12.5. The third-order valence-electron chi connectivity index (χ3n) is 5.94. The fourth-order valence-corrected chi connectivity index (χ4v) is 5.74. The van der Waals surface area contributed by atoms with Gasteiger partial charge in [0.1, 0.15) is 4.90 Å². The van der Waals surface area contributed by atoms with Crippen LogP contribution in [-0.2, 0) is 10.0 Å². The minimum atomic E-state index is -3.60. The van der Waals surface area contributed by atoms with E-state index in [9.17, 15) is 8.42 Å². The molecule has 1 aromatic heterocycles. The van der Waals surface area contributed by atoms with Gasteiger partial charge in [0.25, 0.3) is 0 Å². The summed E-state index contributed by atoms with van der Waals surface area (Å²) < 4.78 is 27.8. The molecule has 3 aromatic rings. The van der Waals surface area contributed by atoms with Crippen LogP contribution in [0.5, 0.6) is 0 Å². The number of nitrogens with one attached hydrogen (secondary N) is 3. The van der Waals surface area contributed by atoms with E-state index in [1.807, 2.05) is 24.3 Å². The number of nitrogens with two attached hydrogens (primary N) is 1. The van der Waals surface area contributed by atoms with Gasteiger partial charge in [-0.15, -0.1) is 0 Å². The Morgan fingerprint density at radius 2 is 1.59 bits per heavy atom. The molecule has 1 saturated carbocycles. The Morgan fingerprint density at radius 1 is 0.938 bits per heavy atom.